The molecular formula is C12H13ClOS. The monoisotopic (exact) mass is 240 g/mol. The summed E-state index contributed by atoms with van der Waals surface area (Å²) in [5, 5.41) is 0.147. The fourth-order valence-corrected chi connectivity index (χ4v) is 1.72. The summed E-state index contributed by atoms with van der Waals surface area (Å²) < 4.78 is 0. The van der Waals surface area contributed by atoms with Crippen LogP contribution in [0.4, 0.5) is 0 Å². The summed E-state index contributed by atoms with van der Waals surface area (Å²) in [5.74, 6) is 1.25. The van der Waals surface area contributed by atoms with E-state index >= 15 is 0 Å². The number of carbonyl (C=O) groups is 1. The van der Waals surface area contributed by atoms with Crippen LogP contribution < -0.4 is 0 Å². The van der Waals surface area contributed by atoms with Crippen LogP contribution in [-0.2, 0) is 10.7 Å². The second-order valence-corrected chi connectivity index (χ2v) is 4.55. The Bertz CT molecular complexity index is 360. The third kappa shape index (κ3) is 5.05. The Balaban J connectivity index is 2.52. The highest BCUT2D eigenvalue weighted by atomic mass is 35.5. The van der Waals surface area contributed by atoms with Crippen molar-refractivity contribution >= 4 is 34.6 Å². The molecule has 0 bridgehead atoms. The molecule has 0 saturated carbocycles. The van der Waals surface area contributed by atoms with E-state index in [2.05, 4.69) is 0 Å². The molecule has 0 N–H and O–H groups in total. The molecule has 15 heavy (non-hydrogen) atoms. The van der Waals surface area contributed by atoms with E-state index in [0.29, 0.717) is 5.88 Å². The van der Waals surface area contributed by atoms with Gasteiger partial charge >= 0.3 is 0 Å². The van der Waals surface area contributed by atoms with E-state index in [1.54, 1.807) is 6.92 Å². The lowest BCUT2D eigenvalue weighted by atomic mass is 10.1. The van der Waals surface area contributed by atoms with Crippen molar-refractivity contribution in [1.82, 2.24) is 0 Å². The Morgan fingerprint density at radius 3 is 3.00 bits per heavy atom. The summed E-state index contributed by atoms with van der Waals surface area (Å²) in [6.07, 6.45) is 3.99. The smallest absolute Gasteiger partial charge is 0.186 e. The van der Waals surface area contributed by atoms with Gasteiger partial charge in [0.2, 0.25) is 0 Å². The lowest BCUT2D eigenvalue weighted by Gasteiger charge is -1.97. The third-order valence-corrected chi connectivity index (χ3v) is 2.87. The number of rotatable bonds is 4. The summed E-state index contributed by atoms with van der Waals surface area (Å²) in [6.45, 7) is 1.58. The summed E-state index contributed by atoms with van der Waals surface area (Å²) >= 11 is 7.04. The molecule has 0 heterocycles. The normalized spacial score (nSPS) is 10.8. The van der Waals surface area contributed by atoms with Crippen molar-refractivity contribution in [2.75, 3.05) is 5.75 Å². The first-order chi connectivity index (χ1) is 7.22. The maximum Gasteiger partial charge on any atom is 0.186 e. The van der Waals surface area contributed by atoms with E-state index in [-0.39, 0.29) is 5.12 Å². The second-order valence-electron chi connectivity index (χ2n) is 3.08. The van der Waals surface area contributed by atoms with Crippen molar-refractivity contribution in [3.8, 4) is 0 Å². The SMILES string of the molecule is CC(=O)SCC=Cc1cccc(CCl)c1. The topological polar surface area (TPSA) is 17.1 Å². The molecule has 0 amide bonds. The zero-order valence-electron chi connectivity index (χ0n) is 8.57. The van der Waals surface area contributed by atoms with Crippen LogP contribution in [0.5, 0.6) is 0 Å². The molecule has 0 radical (unpaired) electrons. The van der Waals surface area contributed by atoms with E-state index in [1.165, 1.54) is 11.8 Å². The van der Waals surface area contributed by atoms with E-state index in [9.17, 15) is 4.79 Å². The molecule has 0 saturated heterocycles. The quantitative estimate of drug-likeness (QED) is 0.747. The molecule has 0 unspecified atom stereocenters. The van der Waals surface area contributed by atoms with Gasteiger partial charge in [0.15, 0.2) is 5.12 Å². The summed E-state index contributed by atoms with van der Waals surface area (Å²) in [4.78, 5) is 10.7. The van der Waals surface area contributed by atoms with Crippen molar-refractivity contribution < 1.29 is 4.79 Å². The van der Waals surface area contributed by atoms with Crippen molar-refractivity contribution in [3.63, 3.8) is 0 Å². The highest BCUT2D eigenvalue weighted by molar-refractivity contribution is 8.13. The molecule has 0 aromatic heterocycles. The number of halogens is 1. The molecule has 1 aromatic rings. The van der Waals surface area contributed by atoms with Gasteiger partial charge in [0.1, 0.15) is 0 Å². The van der Waals surface area contributed by atoms with Crippen LogP contribution >= 0.6 is 23.4 Å². The Hall–Kier alpha value is -0.730. The van der Waals surface area contributed by atoms with Crippen LogP contribution in [0.3, 0.4) is 0 Å². The maximum atomic E-state index is 10.7. The summed E-state index contributed by atoms with van der Waals surface area (Å²) in [7, 11) is 0. The van der Waals surface area contributed by atoms with Gasteiger partial charge in [0.05, 0.1) is 0 Å². The number of benzene rings is 1. The lowest BCUT2D eigenvalue weighted by molar-refractivity contribution is -0.109. The minimum absolute atomic E-state index is 0.147. The highest BCUT2D eigenvalue weighted by Gasteiger charge is 1.92. The predicted molar refractivity (Wildman–Crippen MR) is 68.2 cm³/mol. The summed E-state index contributed by atoms with van der Waals surface area (Å²) in [5.41, 5.74) is 2.23. The van der Waals surface area contributed by atoms with E-state index in [0.717, 1.165) is 16.9 Å². The fourth-order valence-electron chi connectivity index (χ4n) is 1.13. The van der Waals surface area contributed by atoms with Crippen LogP contribution in [0.15, 0.2) is 30.3 Å². The number of alkyl halides is 1. The van der Waals surface area contributed by atoms with Crippen molar-refractivity contribution in [2.24, 2.45) is 0 Å². The standard InChI is InChI=1S/C12H13ClOS/c1-10(14)15-7-3-6-11-4-2-5-12(8-11)9-13/h2-6,8H,7,9H2,1H3. The third-order valence-electron chi connectivity index (χ3n) is 1.80. The Morgan fingerprint density at radius 2 is 2.33 bits per heavy atom. The number of thioether (sulfide) groups is 1. The van der Waals surface area contributed by atoms with Crippen LogP contribution in [-0.4, -0.2) is 10.9 Å². The molecule has 1 aromatic carbocycles. The van der Waals surface area contributed by atoms with Crippen LogP contribution in [0.2, 0.25) is 0 Å². The molecule has 0 atom stereocenters. The summed E-state index contributed by atoms with van der Waals surface area (Å²) in [6, 6.07) is 8.04. The minimum atomic E-state index is 0.147. The number of hydrogen-bond donors (Lipinski definition) is 0. The molecular weight excluding hydrogens is 228 g/mol. The first-order valence-electron chi connectivity index (χ1n) is 4.67. The van der Waals surface area contributed by atoms with Crippen LogP contribution in [0.25, 0.3) is 6.08 Å². The van der Waals surface area contributed by atoms with Crippen molar-refractivity contribution in [1.29, 1.82) is 0 Å². The van der Waals surface area contributed by atoms with Gasteiger partial charge in [0, 0.05) is 18.6 Å². The van der Waals surface area contributed by atoms with Crippen molar-refractivity contribution in [2.45, 2.75) is 12.8 Å². The number of carbonyl (C=O) groups excluding carboxylic acids is 1. The Morgan fingerprint density at radius 1 is 1.53 bits per heavy atom. The molecule has 0 aliphatic carbocycles. The van der Waals surface area contributed by atoms with E-state index < -0.39 is 0 Å². The van der Waals surface area contributed by atoms with Gasteiger partial charge in [-0.2, -0.15) is 0 Å². The van der Waals surface area contributed by atoms with Gasteiger partial charge in [-0.1, -0.05) is 48.2 Å². The maximum absolute atomic E-state index is 10.7. The molecule has 0 aliphatic rings. The fraction of sp³-hybridized carbons (Fsp3) is 0.250. The molecule has 0 spiro atoms. The average Bonchev–Trinajstić information content (AvgIpc) is 2.24. The Kier molecular flexibility index (Phi) is 5.51. The molecule has 3 heteroatoms. The van der Waals surface area contributed by atoms with Gasteiger partial charge in [-0.25, -0.2) is 0 Å². The van der Waals surface area contributed by atoms with Gasteiger partial charge in [0.25, 0.3) is 0 Å². The highest BCUT2D eigenvalue weighted by Crippen LogP contribution is 2.10. The van der Waals surface area contributed by atoms with Gasteiger partial charge in [-0.3, -0.25) is 4.79 Å². The largest absolute Gasteiger partial charge is 0.288 e. The second kappa shape index (κ2) is 6.70. The minimum Gasteiger partial charge on any atom is -0.288 e. The van der Waals surface area contributed by atoms with E-state index in [4.69, 9.17) is 11.6 Å². The van der Waals surface area contributed by atoms with Gasteiger partial charge in [-0.15, -0.1) is 11.6 Å². The lowest BCUT2D eigenvalue weighted by Crippen LogP contribution is -1.82. The Labute approximate surface area is 99.5 Å². The van der Waals surface area contributed by atoms with E-state index in [1.807, 2.05) is 36.4 Å². The van der Waals surface area contributed by atoms with Gasteiger partial charge < -0.3 is 0 Å². The number of hydrogen-bond acceptors (Lipinski definition) is 2. The average molecular weight is 241 g/mol. The van der Waals surface area contributed by atoms with Gasteiger partial charge in [-0.05, 0) is 11.1 Å². The van der Waals surface area contributed by atoms with Crippen LogP contribution in [0, 0.1) is 0 Å². The molecule has 1 rings (SSSR count). The first-order valence-corrected chi connectivity index (χ1v) is 6.19. The predicted octanol–water partition coefficient (Wildman–Crippen LogP) is 3.72. The zero-order valence-corrected chi connectivity index (χ0v) is 10.1. The molecule has 0 fully saturated rings. The molecule has 1 nitrogen and oxygen atoms in total. The zero-order chi connectivity index (χ0) is 11.1. The molecule has 0 aliphatic heterocycles. The molecule has 80 valence electrons. The van der Waals surface area contributed by atoms with Crippen molar-refractivity contribution in [3.05, 3.63) is 41.5 Å². The first kappa shape index (κ1) is 12.3. The van der Waals surface area contributed by atoms with Crippen LogP contribution in [0.1, 0.15) is 18.1 Å².